The molecule has 19 heavy (non-hydrogen) atoms. The van der Waals surface area contributed by atoms with Gasteiger partial charge in [0.15, 0.2) is 0 Å². The first kappa shape index (κ1) is 14.1. The molecule has 1 atom stereocenters. The Morgan fingerprint density at radius 1 is 1.05 bits per heavy atom. The van der Waals surface area contributed by atoms with Gasteiger partial charge in [-0.25, -0.2) is 4.39 Å². The van der Waals surface area contributed by atoms with E-state index in [4.69, 9.17) is 23.2 Å². The molecule has 5 heteroatoms. The Labute approximate surface area is 120 Å². The Balaban J connectivity index is 2.19. The second-order valence-corrected chi connectivity index (χ2v) is 4.87. The third kappa shape index (κ3) is 3.60. The van der Waals surface area contributed by atoms with Gasteiger partial charge in [0.1, 0.15) is 5.82 Å². The SMILES string of the molecule is OCC(Nc1ccc(F)cc1)c1ccc(Cl)c(Cl)c1. The molecule has 0 saturated carbocycles. The van der Waals surface area contributed by atoms with E-state index in [0.717, 1.165) is 5.56 Å². The lowest BCUT2D eigenvalue weighted by Crippen LogP contribution is -2.14. The quantitative estimate of drug-likeness (QED) is 0.883. The third-order valence-corrected chi connectivity index (χ3v) is 3.45. The summed E-state index contributed by atoms with van der Waals surface area (Å²) in [5, 5.41) is 13.4. The standard InChI is InChI=1S/C14H12Cl2FNO/c15-12-6-1-9(7-13(12)16)14(8-19)18-11-4-2-10(17)3-5-11/h1-7,14,18-19H,8H2. The van der Waals surface area contributed by atoms with Crippen LogP contribution in [0.4, 0.5) is 10.1 Å². The molecule has 0 fully saturated rings. The summed E-state index contributed by atoms with van der Waals surface area (Å²) in [6, 6.07) is 10.7. The molecule has 2 aromatic rings. The van der Waals surface area contributed by atoms with Crippen molar-refractivity contribution in [3.8, 4) is 0 Å². The van der Waals surface area contributed by atoms with Crippen LogP contribution in [0.15, 0.2) is 42.5 Å². The van der Waals surface area contributed by atoms with E-state index >= 15 is 0 Å². The lowest BCUT2D eigenvalue weighted by molar-refractivity contribution is 0.276. The summed E-state index contributed by atoms with van der Waals surface area (Å²) >= 11 is 11.8. The molecule has 100 valence electrons. The monoisotopic (exact) mass is 299 g/mol. The van der Waals surface area contributed by atoms with Gasteiger partial charge in [0.05, 0.1) is 22.7 Å². The molecule has 0 spiro atoms. The van der Waals surface area contributed by atoms with Gasteiger partial charge < -0.3 is 10.4 Å². The fraction of sp³-hybridized carbons (Fsp3) is 0.143. The van der Waals surface area contributed by atoms with E-state index in [0.29, 0.717) is 15.7 Å². The molecule has 0 aliphatic rings. The summed E-state index contributed by atoms with van der Waals surface area (Å²) in [6.07, 6.45) is 0. The van der Waals surface area contributed by atoms with E-state index in [1.807, 2.05) is 0 Å². The molecular weight excluding hydrogens is 288 g/mol. The number of halogens is 3. The van der Waals surface area contributed by atoms with Crippen molar-refractivity contribution in [3.63, 3.8) is 0 Å². The molecule has 0 aliphatic carbocycles. The lowest BCUT2D eigenvalue weighted by atomic mass is 10.1. The van der Waals surface area contributed by atoms with Gasteiger partial charge in [-0.3, -0.25) is 0 Å². The molecule has 0 aromatic heterocycles. The summed E-state index contributed by atoms with van der Waals surface area (Å²) < 4.78 is 12.8. The molecule has 0 saturated heterocycles. The molecular formula is C14H12Cl2FNO. The van der Waals surface area contributed by atoms with Crippen LogP contribution in [0.25, 0.3) is 0 Å². The molecule has 2 aromatic carbocycles. The van der Waals surface area contributed by atoms with Gasteiger partial charge >= 0.3 is 0 Å². The maximum absolute atomic E-state index is 12.8. The van der Waals surface area contributed by atoms with E-state index in [-0.39, 0.29) is 18.5 Å². The van der Waals surface area contributed by atoms with E-state index in [1.54, 1.807) is 30.3 Å². The van der Waals surface area contributed by atoms with Crippen molar-refractivity contribution in [2.45, 2.75) is 6.04 Å². The first-order chi connectivity index (χ1) is 9.10. The van der Waals surface area contributed by atoms with Gasteiger partial charge in [0.25, 0.3) is 0 Å². The van der Waals surface area contributed by atoms with Crippen molar-refractivity contribution in [3.05, 3.63) is 63.9 Å². The molecule has 0 aliphatic heterocycles. The largest absolute Gasteiger partial charge is 0.394 e. The number of benzene rings is 2. The van der Waals surface area contributed by atoms with Crippen molar-refractivity contribution in [1.29, 1.82) is 0 Å². The predicted molar refractivity (Wildman–Crippen MR) is 76.3 cm³/mol. The van der Waals surface area contributed by atoms with E-state index < -0.39 is 0 Å². The molecule has 0 heterocycles. The average Bonchev–Trinajstić information content (AvgIpc) is 2.41. The normalized spacial score (nSPS) is 12.2. The maximum Gasteiger partial charge on any atom is 0.123 e. The van der Waals surface area contributed by atoms with Gasteiger partial charge in [-0.1, -0.05) is 29.3 Å². The minimum absolute atomic E-state index is 0.116. The third-order valence-electron chi connectivity index (χ3n) is 2.71. The van der Waals surface area contributed by atoms with Crippen LogP contribution in [-0.4, -0.2) is 11.7 Å². The van der Waals surface area contributed by atoms with Crippen LogP contribution < -0.4 is 5.32 Å². The molecule has 2 rings (SSSR count). The lowest BCUT2D eigenvalue weighted by Gasteiger charge is -2.18. The van der Waals surface area contributed by atoms with Crippen LogP contribution in [0, 0.1) is 5.82 Å². The number of nitrogens with one attached hydrogen (secondary N) is 1. The number of anilines is 1. The second-order valence-electron chi connectivity index (χ2n) is 4.06. The van der Waals surface area contributed by atoms with Crippen LogP contribution in [0.1, 0.15) is 11.6 Å². The topological polar surface area (TPSA) is 32.3 Å². The molecule has 2 nitrogen and oxygen atoms in total. The highest BCUT2D eigenvalue weighted by molar-refractivity contribution is 6.42. The maximum atomic E-state index is 12.8. The van der Waals surface area contributed by atoms with Crippen molar-refractivity contribution < 1.29 is 9.50 Å². The highest BCUT2D eigenvalue weighted by Gasteiger charge is 2.11. The van der Waals surface area contributed by atoms with Gasteiger partial charge in [-0.05, 0) is 42.0 Å². The highest BCUT2D eigenvalue weighted by Crippen LogP contribution is 2.27. The smallest absolute Gasteiger partial charge is 0.123 e. The molecule has 0 bridgehead atoms. The number of aliphatic hydroxyl groups excluding tert-OH is 1. The van der Waals surface area contributed by atoms with Crippen LogP contribution in [0.5, 0.6) is 0 Å². The van der Waals surface area contributed by atoms with Crippen molar-refractivity contribution in [2.24, 2.45) is 0 Å². The Hall–Kier alpha value is -1.29. The summed E-state index contributed by atoms with van der Waals surface area (Å²) in [7, 11) is 0. The Morgan fingerprint density at radius 2 is 1.74 bits per heavy atom. The fourth-order valence-electron chi connectivity index (χ4n) is 1.71. The van der Waals surface area contributed by atoms with Gasteiger partial charge in [-0.15, -0.1) is 0 Å². The Morgan fingerprint density at radius 3 is 2.32 bits per heavy atom. The van der Waals surface area contributed by atoms with E-state index in [9.17, 15) is 9.50 Å². The Kier molecular flexibility index (Phi) is 4.64. The zero-order valence-electron chi connectivity index (χ0n) is 9.91. The number of hydrogen-bond donors (Lipinski definition) is 2. The van der Waals surface area contributed by atoms with Crippen LogP contribution in [-0.2, 0) is 0 Å². The van der Waals surface area contributed by atoms with Crippen molar-refractivity contribution >= 4 is 28.9 Å². The summed E-state index contributed by atoms with van der Waals surface area (Å²) in [5.41, 5.74) is 1.52. The van der Waals surface area contributed by atoms with Crippen LogP contribution in [0.2, 0.25) is 10.0 Å². The summed E-state index contributed by atoms with van der Waals surface area (Å²) in [4.78, 5) is 0. The van der Waals surface area contributed by atoms with E-state index in [1.165, 1.54) is 12.1 Å². The fourth-order valence-corrected chi connectivity index (χ4v) is 2.02. The minimum atomic E-state index is -0.333. The minimum Gasteiger partial charge on any atom is -0.394 e. The van der Waals surface area contributed by atoms with Crippen molar-refractivity contribution in [1.82, 2.24) is 0 Å². The zero-order chi connectivity index (χ0) is 13.8. The second kappa shape index (κ2) is 6.24. The highest BCUT2D eigenvalue weighted by atomic mass is 35.5. The van der Waals surface area contributed by atoms with Gasteiger partial charge in [0, 0.05) is 5.69 Å². The molecule has 2 N–H and O–H groups in total. The Bertz CT molecular complexity index is 560. The average molecular weight is 300 g/mol. The van der Waals surface area contributed by atoms with Gasteiger partial charge in [-0.2, -0.15) is 0 Å². The van der Waals surface area contributed by atoms with Crippen LogP contribution in [0.3, 0.4) is 0 Å². The molecule has 0 radical (unpaired) electrons. The summed E-state index contributed by atoms with van der Waals surface area (Å²) in [6.45, 7) is -0.116. The number of hydrogen-bond acceptors (Lipinski definition) is 2. The number of rotatable bonds is 4. The first-order valence-electron chi connectivity index (χ1n) is 5.68. The summed E-state index contributed by atoms with van der Waals surface area (Å²) in [5.74, 6) is -0.305. The van der Waals surface area contributed by atoms with Crippen molar-refractivity contribution in [2.75, 3.05) is 11.9 Å². The van der Waals surface area contributed by atoms with E-state index in [2.05, 4.69) is 5.32 Å². The number of aliphatic hydroxyl groups is 1. The first-order valence-corrected chi connectivity index (χ1v) is 6.43. The molecule has 0 amide bonds. The van der Waals surface area contributed by atoms with Gasteiger partial charge in [0.2, 0.25) is 0 Å². The zero-order valence-corrected chi connectivity index (χ0v) is 11.4. The molecule has 1 unspecified atom stereocenters. The van der Waals surface area contributed by atoms with Crippen LogP contribution >= 0.6 is 23.2 Å². The predicted octanol–water partition coefficient (Wildman–Crippen LogP) is 4.28.